The van der Waals surface area contributed by atoms with Gasteiger partial charge in [0.15, 0.2) is 6.29 Å². The van der Waals surface area contributed by atoms with Crippen molar-refractivity contribution in [2.24, 2.45) is 0 Å². The van der Waals surface area contributed by atoms with Gasteiger partial charge in [-0.15, -0.1) is 0 Å². The molecule has 0 saturated carbocycles. The van der Waals surface area contributed by atoms with Crippen molar-refractivity contribution >= 4 is 0 Å². The van der Waals surface area contributed by atoms with E-state index in [0.29, 0.717) is 32.7 Å². The van der Waals surface area contributed by atoms with Crippen molar-refractivity contribution in [1.82, 2.24) is 9.13 Å². The highest BCUT2D eigenvalue weighted by Crippen LogP contribution is 2.01. The molecule has 0 aliphatic heterocycles. The molecule has 0 aromatic carbocycles. The molecule has 19 heavy (non-hydrogen) atoms. The Morgan fingerprint density at radius 3 is 2.32 bits per heavy atom. The lowest BCUT2D eigenvalue weighted by molar-refractivity contribution is -0.141. The predicted molar refractivity (Wildman–Crippen MR) is 72.3 cm³/mol. The molecular weight excluding hydrogens is 248 g/mol. The molecule has 1 heterocycles. The maximum Gasteiger partial charge on any atom is 0.330 e. The molecular formula is C13H22N2O4. The van der Waals surface area contributed by atoms with Crippen LogP contribution in [0.1, 0.15) is 27.2 Å². The van der Waals surface area contributed by atoms with Crippen molar-refractivity contribution in [2.75, 3.05) is 13.2 Å². The number of hydrogen-bond donors (Lipinski definition) is 0. The Morgan fingerprint density at radius 1 is 1.16 bits per heavy atom. The standard InChI is InChI=1S/C13H22N2O4/c1-4-14-9-7-11(16)15(13(14)17)10-8-12(18-5-2)19-6-3/h7,9,12H,4-6,8,10H2,1-3H3. The summed E-state index contributed by atoms with van der Waals surface area (Å²) in [5, 5.41) is 0. The third-order valence-electron chi connectivity index (χ3n) is 2.77. The van der Waals surface area contributed by atoms with Gasteiger partial charge in [0.2, 0.25) is 0 Å². The second kappa shape index (κ2) is 7.91. The molecule has 0 unspecified atom stereocenters. The van der Waals surface area contributed by atoms with E-state index in [2.05, 4.69) is 0 Å². The summed E-state index contributed by atoms with van der Waals surface area (Å²) in [6.45, 7) is 7.53. The second-order valence-electron chi connectivity index (χ2n) is 4.00. The first kappa shape index (κ1) is 15.7. The molecule has 0 aliphatic rings. The van der Waals surface area contributed by atoms with E-state index in [0.717, 1.165) is 0 Å². The molecule has 6 nitrogen and oxygen atoms in total. The first-order valence-corrected chi connectivity index (χ1v) is 6.67. The molecule has 1 rings (SSSR count). The molecule has 0 saturated heterocycles. The normalized spacial score (nSPS) is 11.2. The average Bonchev–Trinajstić information content (AvgIpc) is 2.39. The van der Waals surface area contributed by atoms with Gasteiger partial charge in [-0.1, -0.05) is 0 Å². The van der Waals surface area contributed by atoms with Gasteiger partial charge in [-0.3, -0.25) is 9.36 Å². The zero-order valence-electron chi connectivity index (χ0n) is 11.8. The van der Waals surface area contributed by atoms with E-state index in [1.54, 1.807) is 0 Å². The summed E-state index contributed by atoms with van der Waals surface area (Å²) in [5.41, 5.74) is -0.580. The minimum atomic E-state index is -0.378. The van der Waals surface area contributed by atoms with E-state index in [1.165, 1.54) is 21.4 Å². The lowest BCUT2D eigenvalue weighted by atomic mass is 10.4. The third kappa shape index (κ3) is 4.33. The van der Waals surface area contributed by atoms with Gasteiger partial charge in [-0.25, -0.2) is 4.79 Å². The first-order chi connectivity index (χ1) is 9.13. The maximum absolute atomic E-state index is 12.0. The highest BCUT2D eigenvalue weighted by molar-refractivity contribution is 4.86. The van der Waals surface area contributed by atoms with Gasteiger partial charge in [0.05, 0.1) is 0 Å². The number of hydrogen-bond acceptors (Lipinski definition) is 4. The number of ether oxygens (including phenoxy) is 2. The van der Waals surface area contributed by atoms with Gasteiger partial charge in [-0.2, -0.15) is 0 Å². The number of rotatable bonds is 8. The topological polar surface area (TPSA) is 62.5 Å². The second-order valence-corrected chi connectivity index (χ2v) is 4.00. The van der Waals surface area contributed by atoms with Crippen molar-refractivity contribution in [1.29, 1.82) is 0 Å². The quantitative estimate of drug-likeness (QED) is 0.656. The summed E-state index contributed by atoms with van der Waals surface area (Å²) < 4.78 is 13.5. The smallest absolute Gasteiger partial charge is 0.330 e. The van der Waals surface area contributed by atoms with Crippen LogP contribution in [0, 0.1) is 0 Å². The molecule has 108 valence electrons. The summed E-state index contributed by atoms with van der Waals surface area (Å²) in [6, 6.07) is 1.40. The van der Waals surface area contributed by atoms with Crippen LogP contribution in [0.4, 0.5) is 0 Å². The lowest BCUT2D eigenvalue weighted by Gasteiger charge is -2.17. The van der Waals surface area contributed by atoms with Crippen molar-refractivity contribution in [3.63, 3.8) is 0 Å². The lowest BCUT2D eigenvalue weighted by Crippen LogP contribution is -2.39. The molecule has 1 aromatic rings. The Morgan fingerprint density at radius 2 is 1.79 bits per heavy atom. The number of aromatic nitrogens is 2. The number of aryl methyl sites for hydroxylation is 1. The van der Waals surface area contributed by atoms with E-state index in [4.69, 9.17) is 9.47 Å². The van der Waals surface area contributed by atoms with Crippen LogP contribution in [0.5, 0.6) is 0 Å². The summed E-state index contributed by atoms with van der Waals surface area (Å²) in [7, 11) is 0. The Balaban J connectivity index is 2.81. The van der Waals surface area contributed by atoms with E-state index in [9.17, 15) is 9.59 Å². The number of nitrogens with zero attached hydrogens (tertiary/aromatic N) is 2. The molecule has 0 atom stereocenters. The molecule has 6 heteroatoms. The van der Waals surface area contributed by atoms with Gasteiger partial charge in [-0.05, 0) is 20.8 Å². The van der Waals surface area contributed by atoms with Crippen LogP contribution in [0.15, 0.2) is 21.9 Å². The minimum absolute atomic E-state index is 0.290. The fraction of sp³-hybridized carbons (Fsp3) is 0.692. The monoisotopic (exact) mass is 270 g/mol. The van der Waals surface area contributed by atoms with Crippen LogP contribution in [-0.4, -0.2) is 28.6 Å². The molecule has 0 amide bonds. The van der Waals surface area contributed by atoms with Gasteiger partial charge in [0.1, 0.15) is 0 Å². The fourth-order valence-electron chi connectivity index (χ4n) is 1.82. The van der Waals surface area contributed by atoms with Gasteiger partial charge in [0, 0.05) is 45.0 Å². The van der Waals surface area contributed by atoms with E-state index >= 15 is 0 Å². The maximum atomic E-state index is 12.0. The Hall–Kier alpha value is -1.40. The van der Waals surface area contributed by atoms with Crippen molar-refractivity contribution in [3.05, 3.63) is 33.1 Å². The van der Waals surface area contributed by atoms with Gasteiger partial charge < -0.3 is 14.0 Å². The zero-order chi connectivity index (χ0) is 14.3. The Labute approximate surface area is 112 Å². The van der Waals surface area contributed by atoms with Crippen LogP contribution in [0.25, 0.3) is 0 Å². The molecule has 0 bridgehead atoms. The Kier molecular flexibility index (Phi) is 6.52. The molecule has 0 aliphatic carbocycles. The minimum Gasteiger partial charge on any atom is -0.353 e. The molecule has 0 radical (unpaired) electrons. The van der Waals surface area contributed by atoms with Crippen LogP contribution in [0.3, 0.4) is 0 Å². The Bertz CT molecular complexity index is 486. The average molecular weight is 270 g/mol. The molecule has 1 aromatic heterocycles. The van der Waals surface area contributed by atoms with Gasteiger partial charge in [0.25, 0.3) is 5.56 Å². The van der Waals surface area contributed by atoms with E-state index < -0.39 is 0 Å². The fourth-order valence-corrected chi connectivity index (χ4v) is 1.82. The molecule has 0 fully saturated rings. The van der Waals surface area contributed by atoms with Crippen LogP contribution >= 0.6 is 0 Å². The SMILES string of the molecule is CCOC(CCn1c(=O)ccn(CC)c1=O)OCC. The van der Waals surface area contributed by atoms with E-state index in [-0.39, 0.29) is 17.5 Å². The summed E-state index contributed by atoms with van der Waals surface area (Å²) >= 11 is 0. The first-order valence-electron chi connectivity index (χ1n) is 6.67. The molecule has 0 spiro atoms. The largest absolute Gasteiger partial charge is 0.353 e. The predicted octanol–water partition coefficient (Wildman–Crippen LogP) is 0.819. The summed E-state index contributed by atoms with van der Waals surface area (Å²) in [5.74, 6) is 0. The van der Waals surface area contributed by atoms with Gasteiger partial charge >= 0.3 is 5.69 Å². The van der Waals surface area contributed by atoms with Crippen molar-refractivity contribution in [2.45, 2.75) is 46.6 Å². The van der Waals surface area contributed by atoms with Crippen LogP contribution < -0.4 is 11.2 Å². The highest BCUT2D eigenvalue weighted by Gasteiger charge is 2.10. The van der Waals surface area contributed by atoms with E-state index in [1.807, 2.05) is 20.8 Å². The highest BCUT2D eigenvalue weighted by atomic mass is 16.7. The summed E-state index contributed by atoms with van der Waals surface area (Å²) in [6.07, 6.45) is 1.62. The van der Waals surface area contributed by atoms with Crippen LogP contribution in [-0.2, 0) is 22.6 Å². The molecule has 0 N–H and O–H groups in total. The van der Waals surface area contributed by atoms with Crippen LogP contribution in [0.2, 0.25) is 0 Å². The van der Waals surface area contributed by atoms with Crippen molar-refractivity contribution in [3.8, 4) is 0 Å². The van der Waals surface area contributed by atoms with Crippen molar-refractivity contribution < 1.29 is 9.47 Å². The zero-order valence-corrected chi connectivity index (χ0v) is 11.8. The third-order valence-corrected chi connectivity index (χ3v) is 2.77. The summed E-state index contributed by atoms with van der Waals surface area (Å²) in [4.78, 5) is 23.7.